The Labute approximate surface area is 178 Å². The molecule has 8 heteroatoms. The van der Waals surface area contributed by atoms with Crippen molar-refractivity contribution in [2.24, 2.45) is 0 Å². The highest BCUT2D eigenvalue weighted by atomic mass is 16.6. The van der Waals surface area contributed by atoms with Gasteiger partial charge in [0.25, 0.3) is 11.6 Å². The zero-order chi connectivity index (χ0) is 22.0. The van der Waals surface area contributed by atoms with Gasteiger partial charge in [-0.2, -0.15) is 0 Å². The number of aromatic nitrogens is 1. The molecule has 0 radical (unpaired) electrons. The fourth-order valence-corrected chi connectivity index (χ4v) is 3.53. The van der Waals surface area contributed by atoms with E-state index in [-0.39, 0.29) is 11.6 Å². The van der Waals surface area contributed by atoms with Gasteiger partial charge in [0.05, 0.1) is 17.6 Å². The van der Waals surface area contributed by atoms with E-state index in [0.717, 1.165) is 22.2 Å². The number of hydrogen-bond acceptors (Lipinski definition) is 5. The monoisotopic (exact) mass is 419 g/mol. The molecule has 0 saturated carbocycles. The summed E-state index contributed by atoms with van der Waals surface area (Å²) in [4.78, 5) is 26.4. The van der Waals surface area contributed by atoms with E-state index >= 15 is 0 Å². The molecule has 0 fully saturated rings. The molecular weight excluding hydrogens is 398 g/mol. The number of fused-ring (bicyclic) bond motifs is 1. The zero-order valence-corrected chi connectivity index (χ0v) is 17.1. The third kappa shape index (κ3) is 4.13. The summed E-state index contributed by atoms with van der Waals surface area (Å²) in [6.07, 6.45) is 2.59. The maximum atomic E-state index is 12.7. The number of benzene rings is 2. The van der Waals surface area contributed by atoms with E-state index in [4.69, 9.17) is 9.15 Å². The van der Waals surface area contributed by atoms with Crippen LogP contribution in [0.5, 0.6) is 5.75 Å². The van der Waals surface area contributed by atoms with Crippen LogP contribution in [0.4, 0.5) is 5.69 Å². The van der Waals surface area contributed by atoms with E-state index < -0.39 is 4.92 Å². The van der Waals surface area contributed by atoms with Gasteiger partial charge in [0.2, 0.25) is 0 Å². The van der Waals surface area contributed by atoms with Crippen molar-refractivity contribution in [3.63, 3.8) is 0 Å². The van der Waals surface area contributed by atoms with Crippen LogP contribution in [-0.2, 0) is 6.42 Å². The third-order valence-electron chi connectivity index (χ3n) is 5.16. The molecule has 4 rings (SSSR count). The predicted octanol–water partition coefficient (Wildman–Crippen LogP) is 4.63. The molecule has 0 aliphatic carbocycles. The quantitative estimate of drug-likeness (QED) is 0.335. The average Bonchev–Trinajstić information content (AvgIpc) is 3.36. The molecule has 0 unspecified atom stereocenters. The fraction of sp³-hybridized carbons (Fsp3) is 0.174. The number of nitro benzene ring substituents is 1. The van der Waals surface area contributed by atoms with E-state index in [1.54, 1.807) is 32.2 Å². The van der Waals surface area contributed by atoms with Crippen molar-refractivity contribution >= 4 is 22.5 Å². The number of carbonyl (C=O) groups excluding carboxylic acids is 1. The molecule has 0 spiro atoms. The lowest BCUT2D eigenvalue weighted by atomic mass is 10.1. The Hall–Kier alpha value is -4.07. The van der Waals surface area contributed by atoms with Crippen LogP contribution in [-0.4, -0.2) is 29.5 Å². The second-order valence-corrected chi connectivity index (χ2v) is 7.12. The van der Waals surface area contributed by atoms with Crippen molar-refractivity contribution in [3.8, 4) is 17.1 Å². The van der Waals surface area contributed by atoms with Crippen LogP contribution in [0.2, 0.25) is 0 Å². The van der Waals surface area contributed by atoms with Gasteiger partial charge in [-0.3, -0.25) is 14.9 Å². The number of amides is 1. The maximum absolute atomic E-state index is 12.7. The Bertz CT molecular complexity index is 1270. The first-order chi connectivity index (χ1) is 15.0. The zero-order valence-electron chi connectivity index (χ0n) is 17.1. The molecule has 2 aromatic carbocycles. The van der Waals surface area contributed by atoms with Crippen LogP contribution < -0.4 is 10.1 Å². The number of carbonyl (C=O) groups is 1. The highest BCUT2D eigenvalue weighted by Gasteiger charge is 2.17. The van der Waals surface area contributed by atoms with E-state index in [1.165, 1.54) is 12.1 Å². The number of aromatic amines is 1. The lowest BCUT2D eigenvalue weighted by Gasteiger charge is -2.04. The molecule has 0 bridgehead atoms. The number of H-pyrrole nitrogens is 1. The molecule has 8 nitrogen and oxygen atoms in total. The van der Waals surface area contributed by atoms with Gasteiger partial charge in [0, 0.05) is 47.4 Å². The van der Waals surface area contributed by atoms with Crippen molar-refractivity contribution < 1.29 is 18.9 Å². The molecule has 4 aromatic rings. The van der Waals surface area contributed by atoms with Gasteiger partial charge in [-0.05, 0) is 37.1 Å². The van der Waals surface area contributed by atoms with E-state index in [2.05, 4.69) is 10.3 Å². The summed E-state index contributed by atoms with van der Waals surface area (Å²) in [5.41, 5.74) is 3.00. The highest BCUT2D eigenvalue weighted by molar-refractivity contribution is 5.96. The summed E-state index contributed by atoms with van der Waals surface area (Å²) in [7, 11) is 1.63. The van der Waals surface area contributed by atoms with Gasteiger partial charge in [-0.25, -0.2) is 0 Å². The lowest BCUT2D eigenvalue weighted by Crippen LogP contribution is -2.25. The highest BCUT2D eigenvalue weighted by Crippen LogP contribution is 2.28. The molecular formula is C23H21N3O5. The maximum Gasteiger partial charge on any atom is 0.270 e. The van der Waals surface area contributed by atoms with Crippen LogP contribution in [0.1, 0.15) is 21.7 Å². The molecule has 2 aromatic heterocycles. The molecule has 0 aliphatic rings. The minimum atomic E-state index is -0.465. The third-order valence-corrected chi connectivity index (χ3v) is 5.16. The Morgan fingerprint density at radius 3 is 2.84 bits per heavy atom. The van der Waals surface area contributed by atoms with Crippen LogP contribution in [0.25, 0.3) is 22.2 Å². The average molecular weight is 419 g/mol. The van der Waals surface area contributed by atoms with Crippen LogP contribution >= 0.6 is 0 Å². The number of rotatable bonds is 7. The van der Waals surface area contributed by atoms with Gasteiger partial charge in [-0.1, -0.05) is 12.1 Å². The number of nitro groups is 1. The Morgan fingerprint density at radius 1 is 1.23 bits per heavy atom. The van der Waals surface area contributed by atoms with E-state index in [1.807, 2.05) is 24.4 Å². The number of aryl methyl sites for hydroxylation is 1. The number of nitrogens with zero attached hydrogens (tertiary/aromatic N) is 1. The minimum Gasteiger partial charge on any atom is -0.497 e. The first kappa shape index (κ1) is 20.2. The lowest BCUT2D eigenvalue weighted by molar-refractivity contribution is -0.384. The molecule has 0 aliphatic heterocycles. The Balaban J connectivity index is 1.44. The number of methoxy groups -OCH3 is 1. The first-order valence-corrected chi connectivity index (χ1v) is 9.73. The molecule has 31 heavy (non-hydrogen) atoms. The number of furan rings is 1. The van der Waals surface area contributed by atoms with Gasteiger partial charge < -0.3 is 19.5 Å². The van der Waals surface area contributed by atoms with Crippen LogP contribution in [0, 0.1) is 17.0 Å². The molecule has 1 amide bonds. The summed E-state index contributed by atoms with van der Waals surface area (Å²) in [6.45, 7) is 2.15. The standard InChI is InChI=1S/C23H21N3O5/c1-14-20(12-22(31-14)15-4-3-5-17(10-15)26(28)29)23(27)24-9-8-16-13-25-21-11-18(30-2)6-7-19(16)21/h3-7,10-13,25H,8-9H2,1-2H3,(H,24,27). The Kier molecular flexibility index (Phi) is 5.44. The predicted molar refractivity (Wildman–Crippen MR) is 116 cm³/mol. The van der Waals surface area contributed by atoms with E-state index in [0.29, 0.717) is 35.6 Å². The minimum absolute atomic E-state index is 0.0334. The normalized spacial score (nSPS) is 10.9. The van der Waals surface area contributed by atoms with Gasteiger partial charge >= 0.3 is 0 Å². The van der Waals surface area contributed by atoms with Crippen molar-refractivity contribution in [1.29, 1.82) is 0 Å². The van der Waals surface area contributed by atoms with Crippen molar-refractivity contribution in [1.82, 2.24) is 10.3 Å². The molecule has 0 atom stereocenters. The summed E-state index contributed by atoms with van der Waals surface area (Å²) < 4.78 is 10.9. The SMILES string of the molecule is COc1ccc2c(CCNC(=O)c3cc(-c4cccc([N+](=O)[O-])c4)oc3C)c[nH]c2c1. The van der Waals surface area contributed by atoms with Gasteiger partial charge in [0.15, 0.2) is 0 Å². The van der Waals surface area contributed by atoms with Gasteiger partial charge in [0.1, 0.15) is 17.3 Å². The van der Waals surface area contributed by atoms with Crippen molar-refractivity contribution in [2.75, 3.05) is 13.7 Å². The van der Waals surface area contributed by atoms with Gasteiger partial charge in [-0.15, -0.1) is 0 Å². The number of nitrogens with one attached hydrogen (secondary N) is 2. The second kappa shape index (κ2) is 8.35. The topological polar surface area (TPSA) is 110 Å². The van der Waals surface area contributed by atoms with Crippen LogP contribution in [0.15, 0.2) is 59.1 Å². The molecule has 2 N–H and O–H groups in total. The summed E-state index contributed by atoms with van der Waals surface area (Å²) in [5, 5.41) is 15.0. The number of hydrogen-bond donors (Lipinski definition) is 2. The summed E-state index contributed by atoms with van der Waals surface area (Å²) in [5.74, 6) is 1.40. The van der Waals surface area contributed by atoms with Crippen molar-refractivity contribution in [2.45, 2.75) is 13.3 Å². The molecule has 0 saturated heterocycles. The number of non-ortho nitro benzene ring substituents is 1. The number of ether oxygens (including phenoxy) is 1. The van der Waals surface area contributed by atoms with Crippen molar-refractivity contribution in [3.05, 3.63) is 81.7 Å². The largest absolute Gasteiger partial charge is 0.497 e. The van der Waals surface area contributed by atoms with Crippen LogP contribution in [0.3, 0.4) is 0 Å². The summed E-state index contributed by atoms with van der Waals surface area (Å²) >= 11 is 0. The molecule has 2 heterocycles. The van der Waals surface area contributed by atoms with E-state index in [9.17, 15) is 14.9 Å². The smallest absolute Gasteiger partial charge is 0.270 e. The molecule has 158 valence electrons. The fourth-order valence-electron chi connectivity index (χ4n) is 3.53. The Morgan fingerprint density at radius 2 is 2.06 bits per heavy atom. The summed E-state index contributed by atoms with van der Waals surface area (Å²) in [6, 6.07) is 13.6. The first-order valence-electron chi connectivity index (χ1n) is 9.73. The second-order valence-electron chi connectivity index (χ2n) is 7.12.